The maximum Gasteiger partial charge on any atom is 0.270 e. The first-order valence-corrected chi connectivity index (χ1v) is 12.7. The number of carbonyl (C=O) groups excluding carboxylic acids is 2. The second kappa shape index (κ2) is 10.5. The molecule has 184 valence electrons. The summed E-state index contributed by atoms with van der Waals surface area (Å²) < 4.78 is 0. The Hall–Kier alpha value is -2.02. The molecule has 3 rings (SSSR count). The van der Waals surface area contributed by atoms with E-state index < -0.39 is 6.04 Å². The number of hydrogen-bond donors (Lipinski definition) is 1. The van der Waals surface area contributed by atoms with Gasteiger partial charge in [0.1, 0.15) is 17.6 Å². The Labute approximate surface area is 199 Å². The van der Waals surface area contributed by atoms with E-state index in [0.29, 0.717) is 35.9 Å². The molecule has 0 spiro atoms. The predicted molar refractivity (Wildman–Crippen MR) is 131 cm³/mol. The van der Waals surface area contributed by atoms with Crippen LogP contribution in [0.25, 0.3) is 0 Å². The normalized spacial score (nSPS) is 26.3. The van der Waals surface area contributed by atoms with Crippen LogP contribution in [-0.2, 0) is 10.2 Å². The van der Waals surface area contributed by atoms with Crippen molar-refractivity contribution >= 4 is 11.8 Å². The Morgan fingerprint density at radius 2 is 2.00 bits per heavy atom. The molecule has 2 aliphatic rings. The van der Waals surface area contributed by atoms with Gasteiger partial charge < -0.3 is 15.1 Å². The van der Waals surface area contributed by atoms with Gasteiger partial charge in [-0.3, -0.25) is 9.59 Å². The van der Waals surface area contributed by atoms with Crippen LogP contribution in [0, 0.1) is 5.92 Å². The Bertz CT molecular complexity index is 834. The lowest BCUT2D eigenvalue weighted by Gasteiger charge is -2.44. The van der Waals surface area contributed by atoms with Crippen molar-refractivity contribution < 1.29 is 9.59 Å². The van der Waals surface area contributed by atoms with Gasteiger partial charge in [-0.05, 0) is 65.0 Å². The number of rotatable bonds is 7. The number of amides is 2. The molecule has 0 aromatic carbocycles. The molecule has 1 saturated carbocycles. The highest BCUT2D eigenvalue weighted by molar-refractivity contribution is 5.96. The van der Waals surface area contributed by atoms with Gasteiger partial charge in [-0.2, -0.15) is 0 Å². The fourth-order valence-electron chi connectivity index (χ4n) is 5.35. The molecular formula is C26H43N5O2. The molecule has 1 aliphatic heterocycles. The summed E-state index contributed by atoms with van der Waals surface area (Å²) in [5.41, 5.74) is 0.0785. The van der Waals surface area contributed by atoms with Crippen molar-refractivity contribution in [3.63, 3.8) is 0 Å². The first-order chi connectivity index (χ1) is 15.5. The molecule has 4 atom stereocenters. The topological polar surface area (TPSA) is 78.4 Å². The zero-order valence-corrected chi connectivity index (χ0v) is 21.6. The van der Waals surface area contributed by atoms with Crippen LogP contribution >= 0.6 is 0 Å². The molecule has 7 heteroatoms. The van der Waals surface area contributed by atoms with E-state index in [1.807, 2.05) is 20.8 Å². The van der Waals surface area contributed by atoms with E-state index in [4.69, 9.17) is 0 Å². The summed E-state index contributed by atoms with van der Waals surface area (Å²) in [6, 6.07) is 2.54. The fraction of sp³-hybridized carbons (Fsp3) is 0.769. The molecule has 1 saturated heterocycles. The summed E-state index contributed by atoms with van der Waals surface area (Å²) in [5.74, 6) is 0.912. The summed E-state index contributed by atoms with van der Waals surface area (Å²) in [6.07, 6.45) is 7.86. The van der Waals surface area contributed by atoms with Crippen molar-refractivity contribution in [3.8, 4) is 0 Å². The third-order valence-corrected chi connectivity index (χ3v) is 7.47. The van der Waals surface area contributed by atoms with Crippen molar-refractivity contribution in [3.05, 3.63) is 23.8 Å². The van der Waals surface area contributed by atoms with Crippen LogP contribution in [0.4, 0.5) is 0 Å². The van der Waals surface area contributed by atoms with E-state index in [2.05, 4.69) is 52.9 Å². The van der Waals surface area contributed by atoms with Crippen LogP contribution in [0.15, 0.2) is 12.3 Å². The van der Waals surface area contributed by atoms with Gasteiger partial charge in [0, 0.05) is 36.3 Å². The highest BCUT2D eigenvalue weighted by Gasteiger charge is 2.42. The largest absolute Gasteiger partial charge is 0.339 e. The third-order valence-electron chi connectivity index (χ3n) is 7.47. The molecule has 2 amide bonds. The standard InChI is InChI=1S/C26H43N5O2/c1-8-9-18-16-19(30(7)17(2)3)10-11-22(18)31-15-13-21(24(31)33)28-23(32)20-12-14-27-25(29-20)26(4,5)6/h12,14,17-19,21-22H,8-11,13,15-16H2,1-7H3,(H,28,32)/t18-,19+,21-,22-/m0/s1. The number of aromatic nitrogens is 2. The zero-order chi connectivity index (χ0) is 24.3. The number of hydrogen-bond acceptors (Lipinski definition) is 5. The van der Waals surface area contributed by atoms with Crippen LogP contribution in [-0.4, -0.2) is 69.3 Å². The summed E-state index contributed by atoms with van der Waals surface area (Å²) in [7, 11) is 2.23. The van der Waals surface area contributed by atoms with Crippen molar-refractivity contribution in [2.24, 2.45) is 5.92 Å². The minimum absolute atomic E-state index is 0.0650. The highest BCUT2D eigenvalue weighted by atomic mass is 16.2. The Balaban J connectivity index is 1.66. The van der Waals surface area contributed by atoms with Gasteiger partial charge in [-0.15, -0.1) is 0 Å². The molecule has 0 radical (unpaired) electrons. The van der Waals surface area contributed by atoms with E-state index >= 15 is 0 Å². The molecule has 1 N–H and O–H groups in total. The average Bonchev–Trinajstić information content (AvgIpc) is 3.12. The highest BCUT2D eigenvalue weighted by Crippen LogP contribution is 2.36. The first-order valence-electron chi connectivity index (χ1n) is 12.7. The molecule has 33 heavy (non-hydrogen) atoms. The van der Waals surface area contributed by atoms with Crippen LogP contribution in [0.2, 0.25) is 0 Å². The predicted octanol–water partition coefficient (Wildman–Crippen LogP) is 3.78. The van der Waals surface area contributed by atoms with Gasteiger partial charge >= 0.3 is 0 Å². The van der Waals surface area contributed by atoms with E-state index in [0.717, 1.165) is 38.6 Å². The minimum Gasteiger partial charge on any atom is -0.339 e. The number of nitrogens with zero attached hydrogens (tertiary/aromatic N) is 4. The molecule has 1 aromatic heterocycles. The molecular weight excluding hydrogens is 414 g/mol. The Kier molecular flexibility index (Phi) is 8.14. The quantitative estimate of drug-likeness (QED) is 0.674. The molecule has 0 unspecified atom stereocenters. The van der Waals surface area contributed by atoms with Crippen molar-refractivity contribution in [1.29, 1.82) is 0 Å². The number of nitrogens with one attached hydrogen (secondary N) is 1. The van der Waals surface area contributed by atoms with Crippen LogP contribution < -0.4 is 5.32 Å². The van der Waals surface area contributed by atoms with Crippen molar-refractivity contribution in [2.45, 2.75) is 110 Å². The van der Waals surface area contributed by atoms with E-state index in [1.54, 1.807) is 12.3 Å². The fourth-order valence-corrected chi connectivity index (χ4v) is 5.35. The summed E-state index contributed by atoms with van der Waals surface area (Å²) in [5, 5.41) is 2.95. The van der Waals surface area contributed by atoms with Gasteiger partial charge in [0.2, 0.25) is 5.91 Å². The number of likely N-dealkylation sites (tertiary alicyclic amines) is 1. The summed E-state index contributed by atoms with van der Waals surface area (Å²) in [4.78, 5) is 39.5. The van der Waals surface area contributed by atoms with E-state index in [9.17, 15) is 9.59 Å². The monoisotopic (exact) mass is 457 g/mol. The second-order valence-electron chi connectivity index (χ2n) is 11.2. The second-order valence-corrected chi connectivity index (χ2v) is 11.2. The molecule has 2 heterocycles. The van der Waals surface area contributed by atoms with Crippen LogP contribution in [0.3, 0.4) is 0 Å². The minimum atomic E-state index is -0.469. The maximum absolute atomic E-state index is 13.3. The Morgan fingerprint density at radius 3 is 2.64 bits per heavy atom. The van der Waals surface area contributed by atoms with E-state index in [1.165, 1.54) is 0 Å². The molecule has 2 fully saturated rings. The molecule has 1 aromatic rings. The van der Waals surface area contributed by atoms with Gasteiger partial charge in [0.15, 0.2) is 0 Å². The smallest absolute Gasteiger partial charge is 0.270 e. The van der Waals surface area contributed by atoms with Crippen LogP contribution in [0.1, 0.15) is 96.4 Å². The lowest BCUT2D eigenvalue weighted by molar-refractivity contribution is -0.133. The maximum atomic E-state index is 13.3. The lowest BCUT2D eigenvalue weighted by Crippen LogP contribution is -2.51. The first kappa shape index (κ1) is 25.6. The molecule has 1 aliphatic carbocycles. The van der Waals surface area contributed by atoms with Crippen LogP contribution in [0.5, 0.6) is 0 Å². The summed E-state index contributed by atoms with van der Waals surface area (Å²) >= 11 is 0. The average molecular weight is 458 g/mol. The SMILES string of the molecule is CCC[C@H]1C[C@H](N(C)C(C)C)CC[C@@H]1N1CC[C@H](NC(=O)c2ccnc(C(C)(C)C)n2)C1=O. The van der Waals surface area contributed by atoms with E-state index in [-0.39, 0.29) is 23.3 Å². The van der Waals surface area contributed by atoms with Crippen molar-refractivity contribution in [2.75, 3.05) is 13.6 Å². The summed E-state index contributed by atoms with van der Waals surface area (Å²) in [6.45, 7) is 13.5. The third kappa shape index (κ3) is 5.92. The Morgan fingerprint density at radius 1 is 1.27 bits per heavy atom. The van der Waals surface area contributed by atoms with Gasteiger partial charge in [0.25, 0.3) is 5.91 Å². The van der Waals surface area contributed by atoms with Crippen molar-refractivity contribution in [1.82, 2.24) is 25.1 Å². The molecule has 0 bridgehead atoms. The lowest BCUT2D eigenvalue weighted by atomic mass is 9.77. The molecule has 7 nitrogen and oxygen atoms in total. The number of carbonyl (C=O) groups is 2. The van der Waals surface area contributed by atoms with Gasteiger partial charge in [0.05, 0.1) is 0 Å². The zero-order valence-electron chi connectivity index (χ0n) is 21.6. The van der Waals surface area contributed by atoms with Gasteiger partial charge in [-0.1, -0.05) is 34.1 Å². The van der Waals surface area contributed by atoms with Gasteiger partial charge in [-0.25, -0.2) is 9.97 Å².